The zero-order valence-electron chi connectivity index (χ0n) is 15.0. The van der Waals surface area contributed by atoms with Gasteiger partial charge in [0.2, 0.25) is 10.0 Å². The van der Waals surface area contributed by atoms with Crippen LogP contribution in [0.2, 0.25) is 0 Å². The van der Waals surface area contributed by atoms with Crippen LogP contribution in [0, 0.1) is 0 Å². The maximum absolute atomic E-state index is 12.9. The maximum atomic E-state index is 12.9. The molecule has 0 bridgehead atoms. The van der Waals surface area contributed by atoms with Gasteiger partial charge >= 0.3 is 5.97 Å². The maximum Gasteiger partial charge on any atom is 0.316 e. The van der Waals surface area contributed by atoms with Crippen molar-refractivity contribution in [2.45, 2.75) is 42.8 Å². The smallest absolute Gasteiger partial charge is 0.316 e. The van der Waals surface area contributed by atoms with E-state index in [9.17, 15) is 13.2 Å². The van der Waals surface area contributed by atoms with Gasteiger partial charge in [-0.3, -0.25) is 4.79 Å². The van der Waals surface area contributed by atoms with Gasteiger partial charge in [0.1, 0.15) is 0 Å². The summed E-state index contributed by atoms with van der Waals surface area (Å²) >= 11 is 1.29. The fourth-order valence-corrected chi connectivity index (χ4v) is 5.55. The molecule has 1 fully saturated rings. The molecule has 0 saturated carbocycles. The molecule has 26 heavy (non-hydrogen) atoms. The molecule has 3 rings (SSSR count). The van der Waals surface area contributed by atoms with Gasteiger partial charge in [0.25, 0.3) is 0 Å². The first kappa shape index (κ1) is 19.2. The summed E-state index contributed by atoms with van der Waals surface area (Å²) in [7, 11) is -2.14. The van der Waals surface area contributed by atoms with Crippen LogP contribution < -0.4 is 0 Å². The Morgan fingerprint density at radius 2 is 2.00 bits per heavy atom. The van der Waals surface area contributed by atoms with Gasteiger partial charge in [-0.05, 0) is 38.0 Å². The Labute approximate surface area is 157 Å². The number of nitrogens with zero attached hydrogens (tertiary/aromatic N) is 3. The summed E-state index contributed by atoms with van der Waals surface area (Å²) in [5, 5.41) is 0.681. The Morgan fingerprint density at radius 1 is 1.27 bits per heavy atom. The van der Waals surface area contributed by atoms with Crippen molar-refractivity contribution >= 4 is 38.8 Å². The highest BCUT2D eigenvalue weighted by Gasteiger charge is 2.26. The number of hydrogen-bond donors (Lipinski definition) is 0. The minimum absolute atomic E-state index is 0.165. The Kier molecular flexibility index (Phi) is 5.89. The Balaban J connectivity index is 1.94. The van der Waals surface area contributed by atoms with Crippen molar-refractivity contribution in [1.29, 1.82) is 0 Å². The minimum Gasteiger partial charge on any atom is -0.468 e. The Hall–Kier alpha value is -1.58. The van der Waals surface area contributed by atoms with Gasteiger partial charge in [-0.15, -0.1) is 0 Å². The van der Waals surface area contributed by atoms with Gasteiger partial charge in [0.15, 0.2) is 5.16 Å². The fourth-order valence-electron chi connectivity index (χ4n) is 3.10. The second kappa shape index (κ2) is 7.98. The lowest BCUT2D eigenvalue weighted by molar-refractivity contribution is -0.137. The summed E-state index contributed by atoms with van der Waals surface area (Å²) in [5.74, 6) is -0.156. The minimum atomic E-state index is -3.49. The van der Waals surface area contributed by atoms with E-state index in [1.165, 1.54) is 18.9 Å². The lowest BCUT2D eigenvalue weighted by atomic mass is 10.2. The summed E-state index contributed by atoms with van der Waals surface area (Å²) in [6.07, 6.45) is 2.88. The number of hydrogen-bond acceptors (Lipinski definition) is 6. The van der Waals surface area contributed by atoms with Gasteiger partial charge in [-0.2, -0.15) is 4.31 Å². The van der Waals surface area contributed by atoms with E-state index in [4.69, 9.17) is 0 Å². The standard InChI is InChI=1S/C17H23N3O4S2/c1-3-20-15-8-7-13(26(22,23)19-9-5-4-6-10-19)11-14(15)18-17(20)25-12-16(21)24-2/h7-8,11H,3-6,9-10,12H2,1-2H3. The van der Waals surface area contributed by atoms with Crippen LogP contribution >= 0.6 is 11.8 Å². The first-order valence-electron chi connectivity index (χ1n) is 8.67. The van der Waals surface area contributed by atoms with E-state index in [0.29, 0.717) is 30.3 Å². The quantitative estimate of drug-likeness (QED) is 0.550. The number of carbonyl (C=O) groups excluding carboxylic acids is 1. The van der Waals surface area contributed by atoms with Crippen molar-refractivity contribution in [3.05, 3.63) is 18.2 Å². The van der Waals surface area contributed by atoms with Crippen LogP contribution in [-0.2, 0) is 26.1 Å². The number of imidazole rings is 1. The van der Waals surface area contributed by atoms with E-state index in [2.05, 4.69) is 9.72 Å². The van der Waals surface area contributed by atoms with E-state index >= 15 is 0 Å². The molecule has 0 amide bonds. The third kappa shape index (κ3) is 3.74. The van der Waals surface area contributed by atoms with Gasteiger partial charge < -0.3 is 9.30 Å². The topological polar surface area (TPSA) is 81.5 Å². The van der Waals surface area contributed by atoms with Crippen molar-refractivity contribution in [3.63, 3.8) is 0 Å². The number of aromatic nitrogens is 2. The molecule has 0 atom stereocenters. The first-order chi connectivity index (χ1) is 12.5. The van der Waals surface area contributed by atoms with E-state index in [1.54, 1.807) is 22.5 Å². The summed E-state index contributed by atoms with van der Waals surface area (Å²) in [4.78, 5) is 16.2. The number of rotatable bonds is 6. The number of fused-ring (bicyclic) bond motifs is 1. The van der Waals surface area contributed by atoms with Gasteiger partial charge in [0.05, 0.1) is 28.8 Å². The molecule has 1 aliphatic heterocycles. The number of methoxy groups -OCH3 is 1. The highest BCUT2D eigenvalue weighted by atomic mass is 32.2. The van der Waals surface area contributed by atoms with E-state index in [-0.39, 0.29) is 16.6 Å². The molecule has 7 nitrogen and oxygen atoms in total. The summed E-state index contributed by atoms with van der Waals surface area (Å²) < 4.78 is 33.9. The van der Waals surface area contributed by atoms with Crippen molar-refractivity contribution in [1.82, 2.24) is 13.9 Å². The Bertz CT molecular complexity index is 902. The van der Waals surface area contributed by atoms with Crippen LogP contribution in [0.5, 0.6) is 0 Å². The summed E-state index contributed by atoms with van der Waals surface area (Å²) in [6.45, 7) is 3.81. The van der Waals surface area contributed by atoms with Crippen LogP contribution in [0.15, 0.2) is 28.3 Å². The number of benzene rings is 1. The second-order valence-corrected chi connectivity index (χ2v) is 9.00. The molecule has 0 radical (unpaired) electrons. The third-order valence-corrected chi connectivity index (χ3v) is 7.35. The molecule has 1 saturated heterocycles. The van der Waals surface area contributed by atoms with Crippen molar-refractivity contribution in [2.75, 3.05) is 26.0 Å². The number of ether oxygens (including phenoxy) is 1. The zero-order valence-corrected chi connectivity index (χ0v) is 16.6. The number of esters is 1. The highest BCUT2D eigenvalue weighted by Crippen LogP contribution is 2.28. The first-order valence-corrected chi connectivity index (χ1v) is 11.1. The largest absolute Gasteiger partial charge is 0.468 e. The van der Waals surface area contributed by atoms with Crippen molar-refractivity contribution < 1.29 is 17.9 Å². The van der Waals surface area contributed by atoms with Crippen LogP contribution in [0.3, 0.4) is 0 Å². The third-order valence-electron chi connectivity index (χ3n) is 4.50. The number of aryl methyl sites for hydroxylation is 1. The molecular weight excluding hydrogens is 374 g/mol. The highest BCUT2D eigenvalue weighted by molar-refractivity contribution is 7.99. The molecule has 1 aliphatic rings. The van der Waals surface area contributed by atoms with Crippen molar-refractivity contribution in [3.8, 4) is 0 Å². The molecule has 142 valence electrons. The lowest BCUT2D eigenvalue weighted by Gasteiger charge is -2.25. The normalized spacial score (nSPS) is 16.1. The predicted molar refractivity (Wildman–Crippen MR) is 101 cm³/mol. The molecule has 0 unspecified atom stereocenters. The monoisotopic (exact) mass is 397 g/mol. The second-order valence-electron chi connectivity index (χ2n) is 6.12. The molecule has 2 heterocycles. The molecule has 1 aromatic heterocycles. The summed E-state index contributed by atoms with van der Waals surface area (Å²) in [6, 6.07) is 5.08. The molecule has 0 spiro atoms. The number of piperidine rings is 1. The zero-order chi connectivity index (χ0) is 18.7. The molecule has 0 aliphatic carbocycles. The molecule has 1 aromatic carbocycles. The SMILES string of the molecule is CCn1c(SCC(=O)OC)nc2cc(S(=O)(=O)N3CCCCC3)ccc21. The number of carbonyl (C=O) groups is 1. The van der Waals surface area contributed by atoms with Crippen LogP contribution in [-0.4, -0.2) is 54.2 Å². The van der Waals surface area contributed by atoms with Crippen molar-refractivity contribution in [2.24, 2.45) is 0 Å². The average molecular weight is 398 g/mol. The number of thioether (sulfide) groups is 1. The van der Waals surface area contributed by atoms with Gasteiger partial charge in [0, 0.05) is 19.6 Å². The van der Waals surface area contributed by atoms with Crippen LogP contribution in [0.25, 0.3) is 11.0 Å². The van der Waals surface area contributed by atoms with Gasteiger partial charge in [-0.25, -0.2) is 13.4 Å². The summed E-state index contributed by atoms with van der Waals surface area (Å²) in [5.41, 5.74) is 1.48. The number of sulfonamides is 1. The van der Waals surface area contributed by atoms with E-state index in [1.807, 2.05) is 11.5 Å². The average Bonchev–Trinajstić information content (AvgIpc) is 3.03. The van der Waals surface area contributed by atoms with E-state index < -0.39 is 10.0 Å². The molecule has 9 heteroatoms. The molecular formula is C17H23N3O4S2. The van der Waals surface area contributed by atoms with Crippen LogP contribution in [0.4, 0.5) is 0 Å². The molecule has 0 N–H and O–H groups in total. The fraction of sp³-hybridized carbons (Fsp3) is 0.529. The predicted octanol–water partition coefficient (Wildman–Crippen LogP) is 2.50. The van der Waals surface area contributed by atoms with Crippen LogP contribution in [0.1, 0.15) is 26.2 Å². The van der Waals surface area contributed by atoms with Gasteiger partial charge in [-0.1, -0.05) is 18.2 Å². The van der Waals surface area contributed by atoms with E-state index in [0.717, 1.165) is 24.8 Å². The lowest BCUT2D eigenvalue weighted by Crippen LogP contribution is -2.35. The molecule has 2 aromatic rings. The Morgan fingerprint density at radius 3 is 2.65 bits per heavy atom.